The van der Waals surface area contributed by atoms with Crippen molar-refractivity contribution in [1.82, 2.24) is 9.80 Å². The number of aliphatic hydroxyl groups excluding tert-OH is 2. The second-order valence-corrected chi connectivity index (χ2v) is 6.07. The highest BCUT2D eigenvalue weighted by molar-refractivity contribution is 5.41. The van der Waals surface area contributed by atoms with Crippen molar-refractivity contribution in [3.63, 3.8) is 0 Å². The van der Waals surface area contributed by atoms with E-state index < -0.39 is 6.10 Å². The van der Waals surface area contributed by atoms with Gasteiger partial charge in [0, 0.05) is 44.8 Å². The van der Waals surface area contributed by atoms with Gasteiger partial charge in [0.05, 0.1) is 26.4 Å². The Morgan fingerprint density at radius 3 is 2.13 bits per heavy atom. The van der Waals surface area contributed by atoms with Crippen molar-refractivity contribution >= 4 is 0 Å². The van der Waals surface area contributed by atoms with Crippen molar-refractivity contribution in [3.05, 3.63) is 23.8 Å². The van der Waals surface area contributed by atoms with Crippen LogP contribution in [0.25, 0.3) is 0 Å². The van der Waals surface area contributed by atoms with Gasteiger partial charge in [-0.1, -0.05) is 0 Å². The van der Waals surface area contributed by atoms with Gasteiger partial charge >= 0.3 is 0 Å². The molecule has 6 heteroatoms. The molecule has 1 aliphatic rings. The number of ether oxygens (including phenoxy) is 2. The summed E-state index contributed by atoms with van der Waals surface area (Å²) < 4.78 is 10.6. The number of hydrogen-bond donors (Lipinski definition) is 2. The number of aliphatic hydroxyl groups is 2. The van der Waals surface area contributed by atoms with Gasteiger partial charge in [-0.2, -0.15) is 0 Å². The molecule has 0 unspecified atom stereocenters. The first-order valence-electron chi connectivity index (χ1n) is 8.06. The van der Waals surface area contributed by atoms with Gasteiger partial charge in [-0.25, -0.2) is 0 Å². The average Bonchev–Trinajstić information content (AvgIpc) is 2.55. The third-order valence-electron chi connectivity index (χ3n) is 4.21. The highest BCUT2D eigenvalue weighted by atomic mass is 16.5. The molecule has 130 valence electrons. The summed E-state index contributed by atoms with van der Waals surface area (Å²) >= 11 is 0. The Balaban J connectivity index is 1.93. The predicted molar refractivity (Wildman–Crippen MR) is 89.1 cm³/mol. The quantitative estimate of drug-likeness (QED) is 0.771. The lowest BCUT2D eigenvalue weighted by atomic mass is 10.1. The fraction of sp³-hybridized carbons (Fsp3) is 0.647. The molecule has 0 aliphatic carbocycles. The van der Waals surface area contributed by atoms with Gasteiger partial charge in [-0.3, -0.25) is 9.80 Å². The molecule has 1 fully saturated rings. The summed E-state index contributed by atoms with van der Waals surface area (Å²) in [7, 11) is 3.21. The van der Waals surface area contributed by atoms with Crippen LogP contribution < -0.4 is 9.47 Å². The molecule has 1 aliphatic heterocycles. The lowest BCUT2D eigenvalue weighted by molar-refractivity contribution is 0.0519. The molecular weight excluding hydrogens is 296 g/mol. The van der Waals surface area contributed by atoms with Gasteiger partial charge < -0.3 is 19.7 Å². The first kappa shape index (κ1) is 18.0. The van der Waals surface area contributed by atoms with Crippen LogP contribution in [0.2, 0.25) is 0 Å². The summed E-state index contributed by atoms with van der Waals surface area (Å²) in [6.07, 6.45) is -0.920. The molecule has 0 saturated carbocycles. The van der Waals surface area contributed by atoms with Crippen molar-refractivity contribution in [2.45, 2.75) is 19.1 Å². The molecule has 0 amide bonds. The monoisotopic (exact) mass is 324 g/mol. The molecule has 0 bridgehead atoms. The van der Waals surface area contributed by atoms with Gasteiger partial charge in [0.15, 0.2) is 0 Å². The molecule has 1 aromatic carbocycles. The van der Waals surface area contributed by atoms with Crippen molar-refractivity contribution in [1.29, 1.82) is 0 Å². The predicted octanol–water partition coefficient (Wildman–Crippen LogP) is 0.736. The zero-order chi connectivity index (χ0) is 16.8. The van der Waals surface area contributed by atoms with Crippen LogP contribution in [0.4, 0.5) is 0 Å². The maximum absolute atomic E-state index is 10.6. The van der Waals surface area contributed by atoms with Gasteiger partial charge in [0.25, 0.3) is 0 Å². The zero-order valence-corrected chi connectivity index (χ0v) is 14.2. The summed E-state index contributed by atoms with van der Waals surface area (Å²) in [4.78, 5) is 4.49. The normalized spacial score (nSPS) is 19.3. The topological polar surface area (TPSA) is 65.4 Å². The Morgan fingerprint density at radius 1 is 1.00 bits per heavy atom. The van der Waals surface area contributed by atoms with Crippen LogP contribution in [0.15, 0.2) is 18.2 Å². The Labute approximate surface area is 138 Å². The smallest absolute Gasteiger partial charge is 0.124 e. The van der Waals surface area contributed by atoms with E-state index in [0.717, 1.165) is 31.7 Å². The molecule has 23 heavy (non-hydrogen) atoms. The number of β-amino-alcohol motifs (C(OH)–C–C–N with tert-alkyl or cyclic N) is 2. The zero-order valence-electron chi connectivity index (χ0n) is 14.2. The largest absolute Gasteiger partial charge is 0.497 e. The van der Waals surface area contributed by atoms with Gasteiger partial charge in [0.2, 0.25) is 0 Å². The Hall–Kier alpha value is -1.34. The molecule has 0 spiro atoms. The van der Waals surface area contributed by atoms with Crippen LogP contribution >= 0.6 is 0 Å². The molecular formula is C17H28N2O4. The molecule has 6 nitrogen and oxygen atoms in total. The summed E-state index contributed by atoms with van der Waals surface area (Å²) in [5, 5.41) is 20.0. The van der Waals surface area contributed by atoms with Crippen LogP contribution in [0.3, 0.4) is 0 Å². The molecule has 1 aromatic rings. The fourth-order valence-corrected chi connectivity index (χ4v) is 2.97. The second kappa shape index (κ2) is 8.49. The van der Waals surface area contributed by atoms with Gasteiger partial charge in [-0.05, 0) is 25.1 Å². The third-order valence-corrected chi connectivity index (χ3v) is 4.21. The SMILES string of the molecule is COc1ccc(OC)c([C@H](O)CN2CCN(C[C@@H](C)O)CC2)c1. The first-order valence-corrected chi connectivity index (χ1v) is 8.06. The summed E-state index contributed by atoms with van der Waals surface area (Å²) in [5.74, 6) is 1.38. The minimum Gasteiger partial charge on any atom is -0.497 e. The third kappa shape index (κ3) is 5.07. The first-order chi connectivity index (χ1) is 11.0. The van der Waals surface area contributed by atoms with E-state index in [-0.39, 0.29) is 6.10 Å². The number of piperazine rings is 1. The van der Waals surface area contributed by atoms with Crippen molar-refractivity contribution < 1.29 is 19.7 Å². The minimum absolute atomic E-state index is 0.298. The molecule has 2 rings (SSSR count). The number of nitrogens with zero attached hydrogens (tertiary/aromatic N) is 2. The molecule has 0 radical (unpaired) electrons. The summed E-state index contributed by atoms with van der Waals surface area (Å²) in [5.41, 5.74) is 0.748. The number of benzene rings is 1. The molecule has 0 aromatic heterocycles. The number of rotatable bonds is 7. The number of methoxy groups -OCH3 is 2. The van der Waals surface area contributed by atoms with E-state index in [0.29, 0.717) is 24.6 Å². The van der Waals surface area contributed by atoms with E-state index in [9.17, 15) is 10.2 Å². The van der Waals surface area contributed by atoms with Crippen molar-refractivity contribution in [3.8, 4) is 11.5 Å². The van der Waals surface area contributed by atoms with Crippen LogP contribution in [0.5, 0.6) is 11.5 Å². The highest BCUT2D eigenvalue weighted by Crippen LogP contribution is 2.30. The lowest BCUT2D eigenvalue weighted by Crippen LogP contribution is -2.49. The van der Waals surface area contributed by atoms with E-state index in [1.807, 2.05) is 25.1 Å². The van der Waals surface area contributed by atoms with E-state index >= 15 is 0 Å². The van der Waals surface area contributed by atoms with Crippen LogP contribution in [-0.4, -0.2) is 79.6 Å². The average molecular weight is 324 g/mol. The van der Waals surface area contributed by atoms with E-state index in [4.69, 9.17) is 9.47 Å². The van der Waals surface area contributed by atoms with E-state index in [1.165, 1.54) is 0 Å². The van der Waals surface area contributed by atoms with Crippen LogP contribution in [0.1, 0.15) is 18.6 Å². The standard InChI is InChI=1S/C17H28N2O4/c1-13(20)11-18-6-8-19(9-7-18)12-16(21)15-10-14(22-2)4-5-17(15)23-3/h4-5,10,13,16,20-21H,6-9,11-12H2,1-3H3/t13-,16-/m1/s1. The van der Waals surface area contributed by atoms with E-state index in [1.54, 1.807) is 14.2 Å². The second-order valence-electron chi connectivity index (χ2n) is 6.07. The maximum Gasteiger partial charge on any atom is 0.124 e. The summed E-state index contributed by atoms with van der Waals surface area (Å²) in [6, 6.07) is 5.47. The van der Waals surface area contributed by atoms with Crippen LogP contribution in [-0.2, 0) is 0 Å². The Bertz CT molecular complexity index is 487. The Morgan fingerprint density at radius 2 is 1.61 bits per heavy atom. The fourth-order valence-electron chi connectivity index (χ4n) is 2.97. The molecule has 2 N–H and O–H groups in total. The Kier molecular flexibility index (Phi) is 6.65. The summed E-state index contributed by atoms with van der Waals surface area (Å²) in [6.45, 7) is 6.67. The van der Waals surface area contributed by atoms with Crippen molar-refractivity contribution in [2.24, 2.45) is 0 Å². The number of hydrogen-bond acceptors (Lipinski definition) is 6. The minimum atomic E-state index is -0.622. The molecule has 2 atom stereocenters. The molecule has 1 saturated heterocycles. The van der Waals surface area contributed by atoms with Gasteiger partial charge in [0.1, 0.15) is 11.5 Å². The van der Waals surface area contributed by atoms with Gasteiger partial charge in [-0.15, -0.1) is 0 Å². The highest BCUT2D eigenvalue weighted by Gasteiger charge is 2.22. The lowest BCUT2D eigenvalue weighted by Gasteiger charge is -2.36. The molecule has 1 heterocycles. The maximum atomic E-state index is 10.6. The van der Waals surface area contributed by atoms with Crippen molar-refractivity contribution in [2.75, 3.05) is 53.5 Å². The van der Waals surface area contributed by atoms with Crippen LogP contribution in [0, 0.1) is 0 Å². The van der Waals surface area contributed by atoms with E-state index in [2.05, 4.69) is 9.80 Å².